The van der Waals surface area contributed by atoms with E-state index in [2.05, 4.69) is 22.4 Å². The number of para-hydroxylation sites is 2. The largest absolute Gasteiger partial charge is 0.445 e. The third-order valence-electron chi connectivity index (χ3n) is 11.9. The molecule has 2 saturated heterocycles. The molecule has 324 valence electrons. The summed E-state index contributed by atoms with van der Waals surface area (Å²) < 4.78 is 17.5. The second-order valence-corrected chi connectivity index (χ2v) is 16.2. The first kappa shape index (κ1) is 43.7. The molecule has 13 nitrogen and oxygen atoms in total. The molecule has 7 rings (SSSR count). The Balaban J connectivity index is 1.10. The number of hydrogen-bond donors (Lipinski definition) is 2. The molecule has 62 heavy (non-hydrogen) atoms. The molecule has 3 N–H and O–H groups in total. The number of ether oxygens (including phenoxy) is 2. The van der Waals surface area contributed by atoms with E-state index in [1.54, 1.807) is 29.2 Å². The van der Waals surface area contributed by atoms with Crippen molar-refractivity contribution in [2.75, 3.05) is 26.2 Å². The molecule has 13 heteroatoms. The smallest absolute Gasteiger partial charge is 0.410 e. The number of benzene rings is 4. The molecule has 0 radical (unpaired) electrons. The Labute approximate surface area is 361 Å². The standard InChI is InChI=1S/C49H55N5O8/c50-27-13-12-20-38(45(56)46-51-40-21-10-11-22-44(40)62-46)30-43(55)42-31-39(61-49(59)53-28-25-37(26-29-53)36-18-8-3-9-19-36)32-54(42)47(57)41(24-23-34-14-4-1-5-15-34)52-48(58)60-33-35-16-6-2-7-17-35/h1-11,14-19,21-22,37-39,41-42H,12-13,20,23-33,50H2,(H,52,58)/t38-,39-,41-,42+/m1/s1. The second-order valence-electron chi connectivity index (χ2n) is 16.2. The number of nitrogens with zero attached hydrogens (tertiary/aromatic N) is 3. The van der Waals surface area contributed by atoms with Crippen LogP contribution in [0.1, 0.15) is 84.7 Å². The van der Waals surface area contributed by atoms with Crippen LogP contribution < -0.4 is 11.1 Å². The number of rotatable bonds is 18. The first-order valence-corrected chi connectivity index (χ1v) is 21.7. The molecule has 4 aromatic carbocycles. The van der Waals surface area contributed by atoms with Crippen LogP contribution in [0.2, 0.25) is 0 Å². The van der Waals surface area contributed by atoms with Crippen molar-refractivity contribution in [3.63, 3.8) is 0 Å². The van der Waals surface area contributed by atoms with Crippen molar-refractivity contribution in [3.8, 4) is 0 Å². The van der Waals surface area contributed by atoms with Crippen LogP contribution >= 0.6 is 0 Å². The van der Waals surface area contributed by atoms with E-state index < -0.39 is 48.0 Å². The lowest BCUT2D eigenvalue weighted by atomic mass is 9.89. The highest BCUT2D eigenvalue weighted by Crippen LogP contribution is 2.31. The van der Waals surface area contributed by atoms with Crippen molar-refractivity contribution in [1.29, 1.82) is 0 Å². The monoisotopic (exact) mass is 841 g/mol. The normalized spacial score (nSPS) is 17.6. The van der Waals surface area contributed by atoms with Gasteiger partial charge < -0.3 is 34.7 Å². The zero-order valence-electron chi connectivity index (χ0n) is 34.9. The van der Waals surface area contributed by atoms with E-state index in [0.29, 0.717) is 62.3 Å². The highest BCUT2D eigenvalue weighted by atomic mass is 16.6. The van der Waals surface area contributed by atoms with E-state index in [0.717, 1.165) is 24.0 Å². The second kappa shape index (κ2) is 21.4. The number of ketones is 2. The zero-order valence-corrected chi connectivity index (χ0v) is 34.9. The van der Waals surface area contributed by atoms with Crippen LogP contribution in [0.5, 0.6) is 0 Å². The van der Waals surface area contributed by atoms with Crippen molar-refractivity contribution < 1.29 is 37.9 Å². The number of nitrogens with two attached hydrogens (primary N) is 1. The summed E-state index contributed by atoms with van der Waals surface area (Å²) in [6, 6.07) is 34.0. The molecule has 3 amide bonds. The van der Waals surface area contributed by atoms with E-state index in [9.17, 15) is 24.0 Å². The fraction of sp³-hybridized carbons (Fsp3) is 0.388. The Morgan fingerprint density at radius 1 is 0.806 bits per heavy atom. The molecule has 0 spiro atoms. The number of piperidine rings is 1. The fourth-order valence-corrected chi connectivity index (χ4v) is 8.48. The fourth-order valence-electron chi connectivity index (χ4n) is 8.48. The summed E-state index contributed by atoms with van der Waals surface area (Å²) in [5.74, 6) is -1.84. The molecule has 0 saturated carbocycles. The molecule has 3 heterocycles. The predicted molar refractivity (Wildman–Crippen MR) is 233 cm³/mol. The van der Waals surface area contributed by atoms with E-state index in [1.807, 2.05) is 78.9 Å². The van der Waals surface area contributed by atoms with Crippen LogP contribution in [0.25, 0.3) is 11.1 Å². The number of oxazole rings is 1. The van der Waals surface area contributed by atoms with E-state index in [-0.39, 0.29) is 44.1 Å². The number of alkyl carbamates (subject to hydrolysis) is 1. The van der Waals surface area contributed by atoms with Gasteiger partial charge in [-0.1, -0.05) is 110 Å². The summed E-state index contributed by atoms with van der Waals surface area (Å²) in [6.07, 6.45) is 1.54. The first-order valence-electron chi connectivity index (χ1n) is 21.7. The average Bonchev–Trinajstić information content (AvgIpc) is 3.95. The molecule has 4 atom stereocenters. The van der Waals surface area contributed by atoms with Crippen LogP contribution in [0, 0.1) is 5.92 Å². The molecule has 0 bridgehead atoms. The molecule has 5 aromatic rings. The number of carbonyl (C=O) groups is 5. The maximum absolute atomic E-state index is 14.8. The van der Waals surface area contributed by atoms with E-state index >= 15 is 0 Å². The van der Waals surface area contributed by atoms with Crippen LogP contribution in [-0.2, 0) is 32.1 Å². The minimum atomic E-state index is -1.08. The SMILES string of the molecule is NCCCC[C@H](CC(=O)[C@@H]1C[C@@H](OC(=O)N2CCC(c3ccccc3)CC2)CN1C(=O)[C@@H](CCc1ccccc1)NC(=O)OCc1ccccc1)C(=O)c1nc2ccccc2o1. The Kier molecular flexibility index (Phi) is 15.1. The summed E-state index contributed by atoms with van der Waals surface area (Å²) in [4.78, 5) is 78.0. The molecule has 0 aliphatic carbocycles. The number of likely N-dealkylation sites (tertiary alicyclic amines) is 2. The quantitative estimate of drug-likeness (QED) is 0.0660. The number of hydrogen-bond acceptors (Lipinski definition) is 10. The topological polar surface area (TPSA) is 174 Å². The van der Waals surface area contributed by atoms with Gasteiger partial charge in [-0.2, -0.15) is 0 Å². The predicted octanol–water partition coefficient (Wildman–Crippen LogP) is 7.63. The molecule has 2 aliphatic heterocycles. The number of Topliss-reactive ketones (excluding diaryl/α,β-unsaturated/α-hetero) is 2. The number of amides is 3. The Bertz CT molecular complexity index is 2230. The van der Waals surface area contributed by atoms with E-state index in [4.69, 9.17) is 19.6 Å². The Morgan fingerprint density at radius 3 is 2.16 bits per heavy atom. The van der Waals surface area contributed by atoms with Gasteiger partial charge in [0.25, 0.3) is 5.89 Å². The summed E-state index contributed by atoms with van der Waals surface area (Å²) in [7, 11) is 0. The van der Waals surface area contributed by atoms with Crippen LogP contribution in [0.4, 0.5) is 9.59 Å². The van der Waals surface area contributed by atoms with E-state index in [1.165, 1.54) is 10.5 Å². The van der Waals surface area contributed by atoms with Gasteiger partial charge in [0, 0.05) is 31.8 Å². The minimum absolute atomic E-state index is 0.00260. The van der Waals surface area contributed by atoms with Crippen molar-refractivity contribution in [1.82, 2.24) is 20.1 Å². The lowest BCUT2D eigenvalue weighted by Gasteiger charge is -2.32. The van der Waals surface area contributed by atoms with Gasteiger partial charge in [-0.3, -0.25) is 14.4 Å². The number of aromatic nitrogens is 1. The third-order valence-corrected chi connectivity index (χ3v) is 11.9. The van der Waals surface area contributed by atoms with Crippen LogP contribution in [0.3, 0.4) is 0 Å². The van der Waals surface area contributed by atoms with Crippen molar-refractivity contribution in [3.05, 3.63) is 138 Å². The Morgan fingerprint density at radius 2 is 1.47 bits per heavy atom. The first-order chi connectivity index (χ1) is 30.2. The number of nitrogens with one attached hydrogen (secondary N) is 1. The van der Waals surface area contributed by atoms with Crippen LogP contribution in [-0.4, -0.2) is 88.8 Å². The Hall–Kier alpha value is -6.34. The van der Waals surface area contributed by atoms with Gasteiger partial charge in [0.1, 0.15) is 24.3 Å². The number of aryl methyl sites for hydroxylation is 1. The van der Waals surface area contributed by atoms with Gasteiger partial charge in [0.2, 0.25) is 11.7 Å². The number of unbranched alkanes of at least 4 members (excludes halogenated alkanes) is 1. The average molecular weight is 842 g/mol. The molecule has 2 aliphatic rings. The summed E-state index contributed by atoms with van der Waals surface area (Å²) in [5, 5.41) is 2.78. The highest BCUT2D eigenvalue weighted by molar-refractivity contribution is 6.00. The van der Waals surface area contributed by atoms with Gasteiger partial charge >= 0.3 is 12.2 Å². The number of fused-ring (bicyclic) bond motifs is 1. The summed E-state index contributed by atoms with van der Waals surface area (Å²) >= 11 is 0. The van der Waals surface area contributed by atoms with Gasteiger partial charge in [0.15, 0.2) is 11.4 Å². The number of carbonyl (C=O) groups excluding carboxylic acids is 5. The van der Waals surface area contributed by atoms with Crippen molar-refractivity contribution in [2.24, 2.45) is 11.7 Å². The maximum Gasteiger partial charge on any atom is 0.410 e. The summed E-state index contributed by atoms with van der Waals surface area (Å²) in [6.45, 7) is 1.37. The molecule has 1 aromatic heterocycles. The lowest BCUT2D eigenvalue weighted by molar-refractivity contribution is -0.139. The minimum Gasteiger partial charge on any atom is -0.445 e. The van der Waals surface area contributed by atoms with Gasteiger partial charge in [-0.05, 0) is 79.8 Å². The highest BCUT2D eigenvalue weighted by Gasteiger charge is 2.45. The third kappa shape index (κ3) is 11.5. The zero-order chi connectivity index (χ0) is 43.3. The molecular formula is C49H55N5O8. The molecule has 2 fully saturated rings. The molecular weight excluding hydrogens is 787 g/mol. The maximum atomic E-state index is 14.8. The van der Waals surface area contributed by atoms with Gasteiger partial charge in [-0.15, -0.1) is 0 Å². The van der Waals surface area contributed by atoms with Crippen molar-refractivity contribution in [2.45, 2.75) is 88.5 Å². The summed E-state index contributed by atoms with van der Waals surface area (Å²) in [5.41, 5.74) is 9.77. The van der Waals surface area contributed by atoms with Gasteiger partial charge in [0.05, 0.1) is 12.6 Å². The van der Waals surface area contributed by atoms with Crippen LogP contribution in [0.15, 0.2) is 120 Å². The van der Waals surface area contributed by atoms with Crippen molar-refractivity contribution >= 4 is 40.8 Å². The van der Waals surface area contributed by atoms with Gasteiger partial charge in [-0.25, -0.2) is 14.6 Å². The molecule has 0 unspecified atom stereocenters. The lowest BCUT2D eigenvalue weighted by Crippen LogP contribution is -2.52.